The molecule has 0 aromatic rings. The van der Waals surface area contributed by atoms with E-state index in [1.165, 1.54) is 0 Å². The second-order valence-corrected chi connectivity index (χ2v) is 4.19. The molecule has 0 aromatic carbocycles. The van der Waals surface area contributed by atoms with Crippen molar-refractivity contribution in [1.29, 1.82) is 0 Å². The Bertz CT molecular complexity index is 223. The summed E-state index contributed by atoms with van der Waals surface area (Å²) in [5.41, 5.74) is 0. The van der Waals surface area contributed by atoms with E-state index in [0.717, 1.165) is 25.7 Å². The van der Waals surface area contributed by atoms with Crippen LogP contribution >= 0.6 is 8.69 Å². The van der Waals surface area contributed by atoms with Crippen molar-refractivity contribution >= 4 is 14.7 Å². The molecular formula is C10H17O4P. The molecule has 4 nitrogen and oxygen atoms in total. The van der Waals surface area contributed by atoms with Crippen LogP contribution in [0.25, 0.3) is 0 Å². The minimum atomic E-state index is -0.923. The summed E-state index contributed by atoms with van der Waals surface area (Å²) in [6, 6.07) is 0. The van der Waals surface area contributed by atoms with Crippen LogP contribution in [-0.2, 0) is 18.6 Å². The summed E-state index contributed by atoms with van der Waals surface area (Å²) in [6.45, 7) is 1.92. The molecule has 15 heavy (non-hydrogen) atoms. The first-order chi connectivity index (χ1) is 7.22. The van der Waals surface area contributed by atoms with Crippen molar-refractivity contribution in [3.63, 3.8) is 0 Å². The van der Waals surface area contributed by atoms with E-state index in [0.29, 0.717) is 19.3 Å². The summed E-state index contributed by atoms with van der Waals surface area (Å²) in [4.78, 5) is 11.4. The molecule has 0 aliphatic heterocycles. The third kappa shape index (κ3) is 3.88. The molecular weight excluding hydrogens is 215 g/mol. The molecule has 0 unspecified atom stereocenters. The monoisotopic (exact) mass is 232 g/mol. The van der Waals surface area contributed by atoms with E-state index in [1.54, 1.807) is 0 Å². The maximum Gasteiger partial charge on any atom is 0.330 e. The van der Waals surface area contributed by atoms with Gasteiger partial charge in [-0.2, -0.15) is 0 Å². The Labute approximate surface area is 91.6 Å². The molecule has 0 bridgehead atoms. The van der Waals surface area contributed by atoms with E-state index < -0.39 is 14.5 Å². The summed E-state index contributed by atoms with van der Waals surface area (Å²) in [5.74, 6) is -1.18. The smallest absolute Gasteiger partial charge is 0.330 e. The molecule has 0 heterocycles. The van der Waals surface area contributed by atoms with Gasteiger partial charge in [-0.1, -0.05) is 13.3 Å². The lowest BCUT2D eigenvalue weighted by atomic mass is 9.94. The number of esters is 1. The van der Waals surface area contributed by atoms with Crippen LogP contribution in [0.1, 0.15) is 51.9 Å². The molecule has 0 N–H and O–H groups in total. The maximum absolute atomic E-state index is 11.4. The van der Waals surface area contributed by atoms with Crippen LogP contribution in [0.5, 0.6) is 0 Å². The van der Waals surface area contributed by atoms with Crippen LogP contribution in [0, 0.1) is 0 Å². The van der Waals surface area contributed by atoms with E-state index in [-0.39, 0.29) is 5.97 Å². The highest BCUT2D eigenvalue weighted by Crippen LogP contribution is 2.35. The topological polar surface area (TPSA) is 52.6 Å². The SMILES string of the molecule is CCCC(=O)OC1(OP=O)CCCCC1. The second-order valence-electron chi connectivity index (χ2n) is 3.86. The Morgan fingerprint density at radius 2 is 2.00 bits per heavy atom. The molecule has 86 valence electrons. The van der Waals surface area contributed by atoms with Crippen molar-refractivity contribution in [2.45, 2.75) is 57.7 Å². The van der Waals surface area contributed by atoms with Gasteiger partial charge in [0.15, 0.2) is 0 Å². The molecule has 0 atom stereocenters. The Kier molecular flexibility index (Phi) is 5.20. The largest absolute Gasteiger partial charge is 0.432 e. The standard InChI is InChI=1S/C10H17O4P/c1-2-6-9(11)13-10(14-15-12)7-4-3-5-8-10/h2-8H2,1H3. The Morgan fingerprint density at radius 3 is 2.53 bits per heavy atom. The van der Waals surface area contributed by atoms with Crippen LogP contribution in [0.3, 0.4) is 0 Å². The fourth-order valence-electron chi connectivity index (χ4n) is 1.83. The van der Waals surface area contributed by atoms with Crippen molar-refractivity contribution in [3.8, 4) is 0 Å². The zero-order valence-electron chi connectivity index (χ0n) is 9.03. The molecule has 0 spiro atoms. The van der Waals surface area contributed by atoms with Crippen LogP contribution < -0.4 is 0 Å². The summed E-state index contributed by atoms with van der Waals surface area (Å²) in [5, 5.41) is 0. The molecule has 1 rings (SSSR count). The van der Waals surface area contributed by atoms with E-state index >= 15 is 0 Å². The average molecular weight is 232 g/mol. The first kappa shape index (κ1) is 12.6. The van der Waals surface area contributed by atoms with Gasteiger partial charge in [0.25, 0.3) is 0 Å². The summed E-state index contributed by atoms with van der Waals surface area (Å²) >= 11 is 0. The van der Waals surface area contributed by atoms with Gasteiger partial charge in [-0.05, 0) is 19.3 Å². The van der Waals surface area contributed by atoms with Crippen molar-refractivity contribution < 1.29 is 18.6 Å². The number of hydrogen-bond donors (Lipinski definition) is 0. The predicted molar refractivity (Wildman–Crippen MR) is 55.5 cm³/mol. The van der Waals surface area contributed by atoms with Gasteiger partial charge < -0.3 is 4.74 Å². The van der Waals surface area contributed by atoms with Gasteiger partial charge in [-0.25, -0.2) is 9.09 Å². The fourth-order valence-corrected chi connectivity index (χ4v) is 2.19. The lowest BCUT2D eigenvalue weighted by Crippen LogP contribution is -2.37. The zero-order valence-corrected chi connectivity index (χ0v) is 9.92. The van der Waals surface area contributed by atoms with Gasteiger partial charge in [0.1, 0.15) is 0 Å². The van der Waals surface area contributed by atoms with Crippen molar-refractivity contribution in [3.05, 3.63) is 0 Å². The van der Waals surface area contributed by atoms with Crippen molar-refractivity contribution in [1.82, 2.24) is 0 Å². The summed E-state index contributed by atoms with van der Waals surface area (Å²) in [7, 11) is -0.413. The van der Waals surface area contributed by atoms with Crippen molar-refractivity contribution in [2.24, 2.45) is 0 Å². The number of carbonyl (C=O) groups excluding carboxylic acids is 1. The average Bonchev–Trinajstić information content (AvgIpc) is 2.19. The number of rotatable bonds is 5. The summed E-state index contributed by atoms with van der Waals surface area (Å²) < 4.78 is 20.9. The third-order valence-corrected chi connectivity index (χ3v) is 2.98. The number of carbonyl (C=O) groups is 1. The quantitative estimate of drug-likeness (QED) is 0.415. The van der Waals surface area contributed by atoms with Gasteiger partial charge in [-0.15, -0.1) is 0 Å². The highest BCUT2D eigenvalue weighted by molar-refractivity contribution is 7.17. The first-order valence-electron chi connectivity index (χ1n) is 5.45. The van der Waals surface area contributed by atoms with Gasteiger partial charge in [0.05, 0.1) is 0 Å². The highest BCUT2D eigenvalue weighted by Gasteiger charge is 2.37. The van der Waals surface area contributed by atoms with Gasteiger partial charge >= 0.3 is 14.7 Å². The molecule has 1 aliphatic carbocycles. The highest BCUT2D eigenvalue weighted by atomic mass is 31.1. The second kappa shape index (κ2) is 6.19. The molecule has 5 heteroatoms. The van der Waals surface area contributed by atoms with E-state index in [4.69, 9.17) is 9.26 Å². The lowest BCUT2D eigenvalue weighted by Gasteiger charge is -2.33. The van der Waals surface area contributed by atoms with Gasteiger partial charge in [0.2, 0.25) is 5.79 Å². The van der Waals surface area contributed by atoms with E-state index in [9.17, 15) is 9.36 Å². The Balaban J connectivity index is 2.55. The van der Waals surface area contributed by atoms with Crippen LogP contribution in [0.2, 0.25) is 0 Å². The van der Waals surface area contributed by atoms with Gasteiger partial charge in [-0.3, -0.25) is 4.79 Å². The lowest BCUT2D eigenvalue weighted by molar-refractivity contribution is -0.205. The molecule has 1 fully saturated rings. The number of hydrogen-bond acceptors (Lipinski definition) is 4. The Hall–Kier alpha value is -0.470. The minimum Gasteiger partial charge on any atom is -0.432 e. The molecule has 0 amide bonds. The Morgan fingerprint density at radius 1 is 1.33 bits per heavy atom. The molecule has 0 aromatic heterocycles. The van der Waals surface area contributed by atoms with Crippen molar-refractivity contribution in [2.75, 3.05) is 0 Å². The molecule has 0 saturated heterocycles. The van der Waals surface area contributed by atoms with Crippen LogP contribution in [0.4, 0.5) is 0 Å². The molecule has 1 aliphatic rings. The zero-order chi connectivity index (χ0) is 11.1. The minimum absolute atomic E-state index is 0.261. The molecule has 0 radical (unpaired) electrons. The van der Waals surface area contributed by atoms with Crippen LogP contribution in [-0.4, -0.2) is 11.8 Å². The van der Waals surface area contributed by atoms with E-state index in [2.05, 4.69) is 0 Å². The third-order valence-electron chi connectivity index (χ3n) is 2.57. The predicted octanol–water partition coefficient (Wildman–Crippen LogP) is 3.21. The van der Waals surface area contributed by atoms with Gasteiger partial charge in [0, 0.05) is 19.3 Å². The van der Waals surface area contributed by atoms with Crippen LogP contribution in [0.15, 0.2) is 0 Å². The summed E-state index contributed by atoms with van der Waals surface area (Å²) in [6.07, 6.45) is 5.47. The van der Waals surface area contributed by atoms with E-state index in [1.807, 2.05) is 6.92 Å². The fraction of sp³-hybridized carbons (Fsp3) is 0.900. The first-order valence-corrected chi connectivity index (χ1v) is 6.18. The normalized spacial score (nSPS) is 20.1. The molecule has 1 saturated carbocycles. The number of ether oxygens (including phenoxy) is 1. The maximum atomic E-state index is 11.4.